The van der Waals surface area contributed by atoms with E-state index in [2.05, 4.69) is 30.6 Å². The van der Waals surface area contributed by atoms with Crippen molar-refractivity contribution in [3.05, 3.63) is 65.4 Å². The third-order valence-electron chi connectivity index (χ3n) is 5.97. The van der Waals surface area contributed by atoms with Gasteiger partial charge in [-0.25, -0.2) is 33.5 Å². The van der Waals surface area contributed by atoms with Crippen molar-refractivity contribution >= 4 is 23.5 Å². The summed E-state index contributed by atoms with van der Waals surface area (Å²) in [6, 6.07) is 3.82. The average molecular weight is 538 g/mol. The normalized spacial score (nSPS) is 15.3. The molecule has 1 aliphatic rings. The number of aromatic nitrogens is 4. The van der Waals surface area contributed by atoms with E-state index in [4.69, 9.17) is 5.73 Å². The second-order valence-corrected chi connectivity index (χ2v) is 8.52. The molecule has 1 unspecified atom stereocenters. The number of urea groups is 1. The minimum atomic E-state index is -4.72. The number of carbonyl (C=O) groups excluding carboxylic acids is 1. The highest BCUT2D eigenvalue weighted by Gasteiger charge is 2.35. The molecule has 1 fully saturated rings. The summed E-state index contributed by atoms with van der Waals surface area (Å²) in [5, 5.41) is 15.7. The van der Waals surface area contributed by atoms with Crippen molar-refractivity contribution in [3.63, 3.8) is 0 Å². The van der Waals surface area contributed by atoms with E-state index in [-0.39, 0.29) is 37.3 Å². The van der Waals surface area contributed by atoms with Crippen LogP contribution in [0.1, 0.15) is 41.9 Å². The summed E-state index contributed by atoms with van der Waals surface area (Å²) >= 11 is 0. The molecule has 0 radical (unpaired) electrons. The Balaban J connectivity index is 1.41. The lowest BCUT2D eigenvalue weighted by Crippen LogP contribution is -2.41. The summed E-state index contributed by atoms with van der Waals surface area (Å²) in [6.07, 6.45) is -2.85. The van der Waals surface area contributed by atoms with Gasteiger partial charge in [-0.3, -0.25) is 0 Å². The molecule has 1 aromatic carbocycles. The summed E-state index contributed by atoms with van der Waals surface area (Å²) < 4.78 is 66.3. The molecule has 1 saturated heterocycles. The van der Waals surface area contributed by atoms with Crippen LogP contribution in [-0.4, -0.2) is 55.6 Å². The summed E-state index contributed by atoms with van der Waals surface area (Å²) in [5.74, 6) is -3.51. The molecule has 202 valence electrons. The molecular weight excluding hydrogens is 515 g/mol. The molecule has 15 heteroatoms. The van der Waals surface area contributed by atoms with Gasteiger partial charge in [-0.2, -0.15) is 13.2 Å². The highest BCUT2D eigenvalue weighted by atomic mass is 19.4. The van der Waals surface area contributed by atoms with Gasteiger partial charge in [0, 0.05) is 43.5 Å². The summed E-state index contributed by atoms with van der Waals surface area (Å²) in [5.41, 5.74) is 5.97. The Kier molecular flexibility index (Phi) is 7.85. The minimum Gasteiger partial charge on any atom is -0.386 e. The van der Waals surface area contributed by atoms with Crippen LogP contribution in [0.25, 0.3) is 0 Å². The molecule has 38 heavy (non-hydrogen) atoms. The van der Waals surface area contributed by atoms with Crippen LogP contribution in [-0.2, 0) is 6.18 Å². The first kappa shape index (κ1) is 26.9. The first-order chi connectivity index (χ1) is 18.0. The number of piperidine rings is 1. The van der Waals surface area contributed by atoms with Crippen molar-refractivity contribution in [2.24, 2.45) is 0 Å². The number of aliphatic hydroxyl groups excluding tert-OH is 1. The number of rotatable bonds is 6. The van der Waals surface area contributed by atoms with Crippen LogP contribution in [0.2, 0.25) is 0 Å². The SMILES string of the molecule is Nc1ncc(C(O)CNc2ccnc(C(F)(F)F)n2)c(C2CCN(C(=O)Nc3c(F)cccc3F)CC2)n1. The van der Waals surface area contributed by atoms with E-state index in [9.17, 15) is 31.9 Å². The van der Waals surface area contributed by atoms with Gasteiger partial charge in [0.15, 0.2) is 0 Å². The lowest BCUT2D eigenvalue weighted by molar-refractivity contribution is -0.144. The van der Waals surface area contributed by atoms with Crippen LogP contribution in [0.3, 0.4) is 0 Å². The number of para-hydroxylation sites is 1. The van der Waals surface area contributed by atoms with Crippen molar-refractivity contribution in [1.82, 2.24) is 24.8 Å². The van der Waals surface area contributed by atoms with Crippen LogP contribution >= 0.6 is 0 Å². The summed E-state index contributed by atoms with van der Waals surface area (Å²) in [7, 11) is 0. The van der Waals surface area contributed by atoms with Crippen LogP contribution in [0.15, 0.2) is 36.7 Å². The van der Waals surface area contributed by atoms with Gasteiger partial charge in [0.05, 0.1) is 11.8 Å². The van der Waals surface area contributed by atoms with E-state index < -0.39 is 41.5 Å². The Morgan fingerprint density at radius 2 is 1.82 bits per heavy atom. The molecule has 0 spiro atoms. The number of hydrogen-bond acceptors (Lipinski definition) is 8. The number of amides is 2. The number of halogens is 5. The number of nitrogens with zero attached hydrogens (tertiary/aromatic N) is 5. The van der Waals surface area contributed by atoms with Crippen LogP contribution in [0.5, 0.6) is 0 Å². The van der Waals surface area contributed by atoms with E-state index in [0.717, 1.165) is 18.3 Å². The molecule has 3 aromatic rings. The van der Waals surface area contributed by atoms with Gasteiger partial charge in [0.25, 0.3) is 0 Å². The minimum absolute atomic E-state index is 0.0373. The molecule has 2 amide bonds. The fourth-order valence-corrected chi connectivity index (χ4v) is 4.07. The number of carbonyl (C=O) groups is 1. The second kappa shape index (κ2) is 11.1. The first-order valence-electron chi connectivity index (χ1n) is 11.5. The lowest BCUT2D eigenvalue weighted by Gasteiger charge is -2.33. The number of nitrogen functional groups attached to an aromatic ring is 1. The first-order valence-corrected chi connectivity index (χ1v) is 11.5. The van der Waals surface area contributed by atoms with E-state index in [1.165, 1.54) is 23.2 Å². The average Bonchev–Trinajstić information content (AvgIpc) is 2.89. The maximum Gasteiger partial charge on any atom is 0.451 e. The topological polar surface area (TPSA) is 142 Å². The van der Waals surface area contributed by atoms with Gasteiger partial charge in [0.1, 0.15) is 23.1 Å². The third-order valence-corrected chi connectivity index (χ3v) is 5.97. The van der Waals surface area contributed by atoms with E-state index in [1.807, 2.05) is 0 Å². The lowest BCUT2D eigenvalue weighted by atomic mass is 9.89. The van der Waals surface area contributed by atoms with Gasteiger partial charge in [-0.15, -0.1) is 0 Å². The van der Waals surface area contributed by atoms with Crippen molar-refractivity contribution < 1.29 is 31.9 Å². The van der Waals surface area contributed by atoms with Crippen molar-refractivity contribution in [2.45, 2.75) is 31.0 Å². The van der Waals surface area contributed by atoms with Crippen LogP contribution in [0, 0.1) is 11.6 Å². The maximum atomic E-state index is 13.9. The predicted molar refractivity (Wildman–Crippen MR) is 126 cm³/mol. The standard InChI is InChI=1S/C23H23F5N8O2/c24-14-2-1-3-15(25)19(14)35-22(38)36-8-5-12(6-9-36)18-13(10-32-21(29)34-18)16(37)11-31-17-4-7-30-20(33-17)23(26,27)28/h1-4,7,10,12,16,37H,5-6,8-9,11H2,(H,35,38)(H2,29,32,34)(H,30,31,33). The van der Waals surface area contributed by atoms with Gasteiger partial charge in [0.2, 0.25) is 11.8 Å². The van der Waals surface area contributed by atoms with Gasteiger partial charge < -0.3 is 26.4 Å². The number of benzene rings is 1. The molecular formula is C23H23F5N8O2. The van der Waals surface area contributed by atoms with Crippen molar-refractivity contribution in [2.75, 3.05) is 36.0 Å². The molecule has 1 atom stereocenters. The Bertz CT molecular complexity index is 1280. The largest absolute Gasteiger partial charge is 0.451 e. The Hall–Kier alpha value is -4.14. The second-order valence-electron chi connectivity index (χ2n) is 8.52. The number of anilines is 3. The van der Waals surface area contributed by atoms with E-state index in [0.29, 0.717) is 24.1 Å². The quantitative estimate of drug-likeness (QED) is 0.348. The van der Waals surface area contributed by atoms with Crippen LogP contribution in [0.4, 0.5) is 44.2 Å². The smallest absolute Gasteiger partial charge is 0.386 e. The Morgan fingerprint density at radius 1 is 1.13 bits per heavy atom. The molecule has 4 rings (SSSR count). The summed E-state index contributed by atoms with van der Waals surface area (Å²) in [4.78, 5) is 28.7. The van der Waals surface area contributed by atoms with Gasteiger partial charge in [-0.05, 0) is 31.0 Å². The number of aliphatic hydroxyl groups is 1. The highest BCUT2D eigenvalue weighted by molar-refractivity contribution is 5.89. The van der Waals surface area contributed by atoms with Crippen molar-refractivity contribution in [1.29, 1.82) is 0 Å². The zero-order valence-corrected chi connectivity index (χ0v) is 19.7. The fraction of sp³-hybridized carbons (Fsp3) is 0.348. The molecule has 3 heterocycles. The number of hydrogen-bond donors (Lipinski definition) is 4. The maximum absolute atomic E-state index is 13.9. The molecule has 5 N–H and O–H groups in total. The number of nitrogens with two attached hydrogens (primary N) is 1. The number of alkyl halides is 3. The zero-order valence-electron chi connectivity index (χ0n) is 19.7. The van der Waals surface area contributed by atoms with Gasteiger partial charge in [-0.1, -0.05) is 6.07 Å². The molecule has 2 aromatic heterocycles. The van der Waals surface area contributed by atoms with E-state index >= 15 is 0 Å². The molecule has 0 bridgehead atoms. The van der Waals surface area contributed by atoms with Crippen molar-refractivity contribution in [3.8, 4) is 0 Å². The molecule has 0 saturated carbocycles. The fourth-order valence-electron chi connectivity index (χ4n) is 4.07. The summed E-state index contributed by atoms with van der Waals surface area (Å²) in [6.45, 7) is 0.251. The third kappa shape index (κ3) is 6.22. The molecule has 0 aliphatic carbocycles. The number of nitrogens with one attached hydrogen (secondary N) is 2. The van der Waals surface area contributed by atoms with Crippen LogP contribution < -0.4 is 16.4 Å². The van der Waals surface area contributed by atoms with E-state index in [1.54, 1.807) is 0 Å². The predicted octanol–water partition coefficient (Wildman–Crippen LogP) is 3.70. The monoisotopic (exact) mass is 538 g/mol. The zero-order chi connectivity index (χ0) is 27.4. The number of likely N-dealkylation sites (tertiary alicyclic amines) is 1. The Labute approximate surface area is 213 Å². The molecule has 10 nitrogen and oxygen atoms in total. The molecule has 1 aliphatic heterocycles. The Morgan fingerprint density at radius 3 is 2.47 bits per heavy atom. The highest BCUT2D eigenvalue weighted by Crippen LogP contribution is 2.33. The van der Waals surface area contributed by atoms with Gasteiger partial charge >= 0.3 is 12.2 Å².